The van der Waals surface area contributed by atoms with E-state index >= 15 is 0 Å². The largest absolute Gasteiger partial charge is 0.458 e. The maximum Gasteiger partial charge on any atom is 0.458 e. The van der Waals surface area contributed by atoms with Crippen LogP contribution in [0.25, 0.3) is 10.8 Å². The summed E-state index contributed by atoms with van der Waals surface area (Å²) in [5, 5.41) is 28.5. The Morgan fingerprint density at radius 3 is 2.27 bits per heavy atom. The summed E-state index contributed by atoms with van der Waals surface area (Å²) < 4.78 is 32.4. The number of allylic oxidation sites excluding steroid dienone is 10. The van der Waals surface area contributed by atoms with Crippen LogP contribution in [0.15, 0.2) is 114 Å². The van der Waals surface area contributed by atoms with Crippen molar-refractivity contribution in [3.63, 3.8) is 0 Å². The van der Waals surface area contributed by atoms with E-state index in [2.05, 4.69) is 88.1 Å². The van der Waals surface area contributed by atoms with Gasteiger partial charge in [-0.05, 0) is 56.4 Å². The van der Waals surface area contributed by atoms with Crippen molar-refractivity contribution in [2.24, 2.45) is 0 Å². The number of nitrogens with zero attached hydrogens (tertiary/aromatic N) is 3. The van der Waals surface area contributed by atoms with Gasteiger partial charge in [0.05, 0.1) is 6.61 Å². The lowest BCUT2D eigenvalue weighted by atomic mass is 10.1. The van der Waals surface area contributed by atoms with Crippen molar-refractivity contribution in [3.8, 4) is 5.75 Å². The van der Waals surface area contributed by atoms with Crippen molar-refractivity contribution in [1.29, 1.82) is 0 Å². The minimum atomic E-state index is -4.17. The molecule has 0 aliphatic carbocycles. The molecule has 1 amide bonds. The highest BCUT2D eigenvalue weighted by atomic mass is 31.2. The molecule has 4 rings (SSSR count). The van der Waals surface area contributed by atoms with Crippen LogP contribution in [0, 0.1) is 0 Å². The molecule has 1 aliphatic rings. The lowest BCUT2D eigenvalue weighted by Gasteiger charge is -2.23. The molecule has 2 aromatic carbocycles. The van der Waals surface area contributed by atoms with Gasteiger partial charge in [0.15, 0.2) is 6.23 Å². The molecule has 5 atom stereocenters. The lowest BCUT2D eigenvalue weighted by Crippen LogP contribution is -2.37. The van der Waals surface area contributed by atoms with E-state index in [9.17, 15) is 24.4 Å². The fraction of sp³-hybridized carbons (Fsp3) is 0.400. The van der Waals surface area contributed by atoms with Crippen LogP contribution in [0.5, 0.6) is 5.75 Å². The summed E-state index contributed by atoms with van der Waals surface area (Å²) in [6, 6.07) is 12.7. The number of benzene rings is 2. The van der Waals surface area contributed by atoms with Crippen LogP contribution >= 0.6 is 7.75 Å². The summed E-state index contributed by atoms with van der Waals surface area (Å²) in [5.41, 5.74) is 4.62. The number of unbranched alkanes of at least 4 members (excludes halogenated alkanes) is 1. The van der Waals surface area contributed by atoms with Crippen LogP contribution in [0.3, 0.4) is 0 Å². The predicted molar refractivity (Wildman–Crippen MR) is 214 cm³/mol. The number of aliphatic hydroxyl groups is 2. The minimum Gasteiger partial charge on any atom is -0.413 e. The Kier molecular flexibility index (Phi) is 18.2. The van der Waals surface area contributed by atoms with Crippen molar-refractivity contribution in [2.75, 3.05) is 25.4 Å². The number of rotatable bonds is 23. The first-order valence-electron chi connectivity index (χ1n) is 18.6. The van der Waals surface area contributed by atoms with Crippen molar-refractivity contribution in [2.45, 2.75) is 82.8 Å². The second-order valence-electron chi connectivity index (χ2n) is 12.7. The number of nitrogens with two attached hydrogens (primary N) is 1. The van der Waals surface area contributed by atoms with E-state index in [0.29, 0.717) is 18.2 Å². The van der Waals surface area contributed by atoms with Crippen LogP contribution in [-0.4, -0.2) is 68.7 Å². The first-order valence-corrected chi connectivity index (χ1v) is 20.2. The number of hydrogen-bond donors (Lipinski definition) is 5. The van der Waals surface area contributed by atoms with Crippen molar-refractivity contribution in [3.05, 3.63) is 120 Å². The molecule has 14 nitrogen and oxygen atoms in total. The first kappa shape index (κ1) is 43.0. The van der Waals surface area contributed by atoms with E-state index in [0.717, 1.165) is 54.8 Å². The van der Waals surface area contributed by atoms with Gasteiger partial charge in [0.25, 0.3) is 0 Å². The predicted octanol–water partition coefficient (Wildman–Crippen LogP) is 5.82. The summed E-state index contributed by atoms with van der Waals surface area (Å²) in [6.07, 6.45) is 23.4. The number of amides is 1. The van der Waals surface area contributed by atoms with E-state index in [1.807, 2.05) is 30.3 Å². The molecule has 0 radical (unpaired) electrons. The Hall–Kier alpha value is -4.69. The monoisotopic (exact) mass is 776 g/mol. The third-order valence-corrected chi connectivity index (χ3v) is 9.96. The zero-order valence-electron chi connectivity index (χ0n) is 31.2. The lowest BCUT2D eigenvalue weighted by molar-refractivity contribution is -0.121. The van der Waals surface area contributed by atoms with E-state index in [-0.39, 0.29) is 30.7 Å². The normalized spacial score (nSPS) is 20.1. The molecular weight excluding hydrogens is 723 g/mol. The smallest absolute Gasteiger partial charge is 0.413 e. The number of hydrogen-bond acceptors (Lipinski definition) is 11. The Labute approximate surface area is 322 Å². The number of nitrogens with one attached hydrogen (secondary N) is 2. The van der Waals surface area contributed by atoms with Gasteiger partial charge in [0.1, 0.15) is 30.4 Å². The van der Waals surface area contributed by atoms with Gasteiger partial charge in [-0.2, -0.15) is 4.98 Å². The topological polar surface area (TPSA) is 200 Å². The number of aromatic nitrogens is 3. The van der Waals surface area contributed by atoms with Gasteiger partial charge in [-0.25, -0.2) is 19.4 Å². The number of carbonyl (C=O) groups excluding carboxylic acids is 1. The van der Waals surface area contributed by atoms with E-state index in [1.165, 1.54) is 0 Å². The molecule has 15 heteroatoms. The molecule has 1 aromatic heterocycles. The number of nitrogen functional groups attached to an aromatic ring is 1. The maximum atomic E-state index is 14.1. The van der Waals surface area contributed by atoms with Crippen LogP contribution in [0.2, 0.25) is 0 Å². The summed E-state index contributed by atoms with van der Waals surface area (Å²) in [7, 11) is -4.17. The highest BCUT2D eigenvalue weighted by molar-refractivity contribution is 7.52. The summed E-state index contributed by atoms with van der Waals surface area (Å²) >= 11 is 0. The summed E-state index contributed by atoms with van der Waals surface area (Å²) in [6.45, 7) is 1.80. The minimum absolute atomic E-state index is 0.0278. The van der Waals surface area contributed by atoms with Crippen molar-refractivity contribution < 1.29 is 33.4 Å². The molecule has 6 N–H and O–H groups in total. The highest BCUT2D eigenvalue weighted by Gasteiger charge is 2.45. The van der Waals surface area contributed by atoms with Gasteiger partial charge < -0.3 is 30.5 Å². The molecule has 1 saturated heterocycles. The third kappa shape index (κ3) is 14.5. The van der Waals surface area contributed by atoms with Gasteiger partial charge >= 0.3 is 13.4 Å². The van der Waals surface area contributed by atoms with E-state index < -0.39 is 44.6 Å². The number of fused-ring (bicyclic) bond motifs is 1. The maximum absolute atomic E-state index is 14.1. The molecule has 2 heterocycles. The molecule has 1 fully saturated rings. The number of anilines is 1. The van der Waals surface area contributed by atoms with Gasteiger partial charge in [-0.15, -0.1) is 0 Å². The standard InChI is InChI=1S/C40H53N6O8P/c1-2-3-4-5-6-7-8-9-10-11-12-13-14-15-16-17-18-26-35(47)42-27-28-44-55(51,54-33-25-21-23-31-22-19-20-24-32(31)33)52-29-34-36(48)37(49)38(53-34)46-30-43-39(41)45-40(46)50/h3-4,6-7,9-10,12-13,15-16,19-25,30,34,36-38,48-49H,2,5,8,11,14,17-18,26-29H2,1H3,(H,42,47)(H,44,51)(H2,41,45,50)/b4-3-,7-6-,10-9-,13-12-,16-15-/t34-,36-,37-,38?,55?/m1/s1. The highest BCUT2D eigenvalue weighted by Crippen LogP contribution is 2.46. The molecule has 3 aromatic rings. The number of carbonyl (C=O) groups is 1. The first-order chi connectivity index (χ1) is 26.7. The second-order valence-corrected chi connectivity index (χ2v) is 14.4. The van der Waals surface area contributed by atoms with Crippen LogP contribution in [-0.2, 0) is 18.6 Å². The molecule has 2 unspecified atom stereocenters. The van der Waals surface area contributed by atoms with Crippen LogP contribution in [0.4, 0.5) is 5.95 Å². The van der Waals surface area contributed by atoms with Crippen LogP contribution < -0.4 is 26.4 Å². The molecule has 1 aliphatic heterocycles. The SMILES string of the molecule is CC/C=C\C/C=C\C/C=C\C/C=C\C/C=C\CCCC(=O)NCCNP(=O)(OC[C@H]1OC(n2cnc(N)nc2=O)[C@H](O)[C@@H]1O)Oc1cccc2ccccc12. The Bertz CT molecular complexity index is 1910. The average Bonchev–Trinajstić information content (AvgIpc) is 3.46. The third-order valence-electron chi connectivity index (χ3n) is 8.42. The second kappa shape index (κ2) is 23.3. The quantitative estimate of drug-likeness (QED) is 0.0440. The average molecular weight is 777 g/mol. The molecule has 0 spiro atoms. The van der Waals surface area contributed by atoms with Gasteiger partial charge in [-0.1, -0.05) is 104 Å². The zero-order valence-corrected chi connectivity index (χ0v) is 32.1. The van der Waals surface area contributed by atoms with Crippen molar-refractivity contribution in [1.82, 2.24) is 24.9 Å². The molecule has 55 heavy (non-hydrogen) atoms. The fourth-order valence-electron chi connectivity index (χ4n) is 5.54. The van der Waals surface area contributed by atoms with Crippen molar-refractivity contribution >= 4 is 30.4 Å². The Morgan fingerprint density at radius 2 is 1.58 bits per heavy atom. The Balaban J connectivity index is 1.21. The molecular formula is C40H53N6O8P. The van der Waals surface area contributed by atoms with Gasteiger partial charge in [0, 0.05) is 24.9 Å². The number of ether oxygens (including phenoxy) is 1. The van der Waals surface area contributed by atoms with Gasteiger partial charge in [-0.3, -0.25) is 13.9 Å². The van der Waals surface area contributed by atoms with E-state index in [1.54, 1.807) is 12.1 Å². The van der Waals surface area contributed by atoms with Crippen LogP contribution in [0.1, 0.15) is 64.5 Å². The summed E-state index contributed by atoms with van der Waals surface area (Å²) in [5.74, 6) is -0.127. The molecule has 296 valence electrons. The number of aliphatic hydroxyl groups excluding tert-OH is 2. The molecule has 0 bridgehead atoms. The molecule has 0 saturated carbocycles. The zero-order chi connectivity index (χ0) is 39.3. The fourth-order valence-corrected chi connectivity index (χ4v) is 6.89. The summed E-state index contributed by atoms with van der Waals surface area (Å²) in [4.78, 5) is 32.1. The Morgan fingerprint density at radius 1 is 0.927 bits per heavy atom. The van der Waals surface area contributed by atoms with Gasteiger partial charge in [0.2, 0.25) is 11.9 Å². The van der Waals surface area contributed by atoms with E-state index in [4.69, 9.17) is 19.5 Å².